The Balaban J connectivity index is 1.90. The van der Waals surface area contributed by atoms with Gasteiger partial charge in [0.15, 0.2) is 0 Å². The predicted molar refractivity (Wildman–Crippen MR) is 60.5 cm³/mol. The lowest BCUT2D eigenvalue weighted by Crippen LogP contribution is -2.53. The van der Waals surface area contributed by atoms with Crippen LogP contribution >= 0.6 is 0 Å². The summed E-state index contributed by atoms with van der Waals surface area (Å²) in [4.78, 5) is 14.3. The van der Waals surface area contributed by atoms with E-state index in [0.717, 1.165) is 19.6 Å². The number of nitrogens with one attached hydrogen (secondary N) is 1. The molecule has 0 spiro atoms. The molecule has 15 heavy (non-hydrogen) atoms. The first-order valence-electron chi connectivity index (χ1n) is 6.25. The van der Waals surface area contributed by atoms with Gasteiger partial charge in [-0.15, -0.1) is 0 Å². The van der Waals surface area contributed by atoms with Crippen LogP contribution in [-0.2, 0) is 4.79 Å². The summed E-state index contributed by atoms with van der Waals surface area (Å²) in [6.45, 7) is 7.12. The second-order valence-electron chi connectivity index (χ2n) is 4.92. The number of carbonyl (C=O) groups is 1. The van der Waals surface area contributed by atoms with Gasteiger partial charge in [0.05, 0.1) is 0 Å². The largest absolute Gasteiger partial charge is 0.340 e. The minimum atomic E-state index is 0.215. The van der Waals surface area contributed by atoms with E-state index in [-0.39, 0.29) is 5.92 Å². The predicted octanol–water partition coefficient (Wildman–Crippen LogP) is 1.24. The highest BCUT2D eigenvalue weighted by Crippen LogP contribution is 2.27. The number of rotatable bonds is 4. The molecule has 0 bridgehead atoms. The van der Waals surface area contributed by atoms with E-state index in [1.165, 1.54) is 19.3 Å². The summed E-state index contributed by atoms with van der Waals surface area (Å²) >= 11 is 0. The number of hydrogen-bond donors (Lipinski definition) is 1. The summed E-state index contributed by atoms with van der Waals surface area (Å²) in [5.74, 6) is 1.17. The number of nitrogens with zero attached hydrogens (tertiary/aromatic N) is 1. The van der Waals surface area contributed by atoms with Crippen molar-refractivity contribution in [3.8, 4) is 0 Å². The van der Waals surface area contributed by atoms with Crippen LogP contribution in [0.5, 0.6) is 0 Å². The average molecular weight is 210 g/mol. The average Bonchev–Trinajstić information content (AvgIpc) is 2.06. The zero-order chi connectivity index (χ0) is 10.8. The minimum absolute atomic E-state index is 0.215. The molecule has 2 fully saturated rings. The lowest BCUT2D eigenvalue weighted by molar-refractivity contribution is -0.141. The highest BCUT2D eigenvalue weighted by Gasteiger charge is 2.35. The molecule has 3 nitrogen and oxygen atoms in total. The van der Waals surface area contributed by atoms with E-state index in [1.54, 1.807) is 0 Å². The summed E-state index contributed by atoms with van der Waals surface area (Å²) < 4.78 is 0. The van der Waals surface area contributed by atoms with Crippen LogP contribution in [0.4, 0.5) is 0 Å². The molecule has 1 heterocycles. The molecule has 1 amide bonds. The standard InChI is InChI=1S/C12H22N2O/c1-3-14(11-5-4-6-11)12(15)9(2)10-7-13-8-10/h9-11,13H,3-8H2,1-2H3. The van der Waals surface area contributed by atoms with Crippen LogP contribution in [0.3, 0.4) is 0 Å². The van der Waals surface area contributed by atoms with E-state index in [0.29, 0.717) is 17.9 Å². The van der Waals surface area contributed by atoms with Crippen molar-refractivity contribution >= 4 is 5.91 Å². The topological polar surface area (TPSA) is 32.3 Å². The maximum absolute atomic E-state index is 12.2. The molecule has 3 heteroatoms. The van der Waals surface area contributed by atoms with Crippen LogP contribution in [0, 0.1) is 11.8 Å². The van der Waals surface area contributed by atoms with Crippen molar-refractivity contribution in [2.75, 3.05) is 19.6 Å². The number of hydrogen-bond acceptors (Lipinski definition) is 2. The second-order valence-corrected chi connectivity index (χ2v) is 4.92. The number of amides is 1. The van der Waals surface area contributed by atoms with Crippen molar-refractivity contribution in [2.24, 2.45) is 11.8 Å². The van der Waals surface area contributed by atoms with Gasteiger partial charge in [-0.2, -0.15) is 0 Å². The van der Waals surface area contributed by atoms with Gasteiger partial charge in [-0.05, 0) is 45.2 Å². The molecule has 1 aliphatic heterocycles. The molecule has 1 unspecified atom stereocenters. The SMILES string of the molecule is CCN(C(=O)C(C)C1CNC1)C1CCC1. The van der Waals surface area contributed by atoms with Crippen molar-refractivity contribution < 1.29 is 4.79 Å². The van der Waals surface area contributed by atoms with E-state index >= 15 is 0 Å². The quantitative estimate of drug-likeness (QED) is 0.757. The first-order chi connectivity index (χ1) is 7.24. The van der Waals surface area contributed by atoms with E-state index in [2.05, 4.69) is 24.1 Å². The van der Waals surface area contributed by atoms with Gasteiger partial charge in [-0.25, -0.2) is 0 Å². The highest BCUT2D eigenvalue weighted by molar-refractivity contribution is 5.79. The van der Waals surface area contributed by atoms with Crippen LogP contribution in [0.2, 0.25) is 0 Å². The third kappa shape index (κ3) is 2.03. The van der Waals surface area contributed by atoms with Crippen LogP contribution in [0.1, 0.15) is 33.1 Å². The summed E-state index contributed by atoms with van der Waals surface area (Å²) in [5.41, 5.74) is 0. The van der Waals surface area contributed by atoms with Gasteiger partial charge in [-0.3, -0.25) is 4.79 Å². The molecule has 1 atom stereocenters. The van der Waals surface area contributed by atoms with Gasteiger partial charge in [0.25, 0.3) is 0 Å². The molecule has 0 aromatic carbocycles. The lowest BCUT2D eigenvalue weighted by Gasteiger charge is -2.41. The molecule has 2 aliphatic rings. The normalized spacial score (nSPS) is 24.1. The molecule has 1 N–H and O–H groups in total. The fraction of sp³-hybridized carbons (Fsp3) is 0.917. The van der Waals surface area contributed by atoms with Crippen LogP contribution in [-0.4, -0.2) is 36.5 Å². The molecule has 0 aromatic rings. The first kappa shape index (κ1) is 10.9. The van der Waals surface area contributed by atoms with Crippen LogP contribution in [0.25, 0.3) is 0 Å². The lowest BCUT2D eigenvalue weighted by atomic mass is 9.85. The third-order valence-electron chi connectivity index (χ3n) is 4.05. The Bertz CT molecular complexity index is 234. The Hall–Kier alpha value is -0.570. The van der Waals surface area contributed by atoms with Gasteiger partial charge < -0.3 is 10.2 Å². The van der Waals surface area contributed by atoms with Gasteiger partial charge in [0, 0.05) is 18.5 Å². The van der Waals surface area contributed by atoms with Gasteiger partial charge in [0.2, 0.25) is 5.91 Å². The maximum atomic E-state index is 12.2. The Morgan fingerprint density at radius 1 is 1.47 bits per heavy atom. The van der Waals surface area contributed by atoms with Crippen molar-refractivity contribution in [3.05, 3.63) is 0 Å². The number of carbonyl (C=O) groups excluding carboxylic acids is 1. The van der Waals surface area contributed by atoms with Crippen molar-refractivity contribution in [1.29, 1.82) is 0 Å². The highest BCUT2D eigenvalue weighted by atomic mass is 16.2. The minimum Gasteiger partial charge on any atom is -0.340 e. The van der Waals surface area contributed by atoms with E-state index in [1.807, 2.05) is 0 Å². The van der Waals surface area contributed by atoms with Crippen molar-refractivity contribution in [2.45, 2.75) is 39.2 Å². The summed E-state index contributed by atoms with van der Waals surface area (Å²) in [6.07, 6.45) is 3.73. The maximum Gasteiger partial charge on any atom is 0.226 e. The molecule has 86 valence electrons. The van der Waals surface area contributed by atoms with Crippen molar-refractivity contribution in [1.82, 2.24) is 10.2 Å². The van der Waals surface area contributed by atoms with E-state index in [4.69, 9.17) is 0 Å². The molecule has 1 saturated carbocycles. The molecule has 1 aliphatic carbocycles. The van der Waals surface area contributed by atoms with Gasteiger partial charge in [-0.1, -0.05) is 6.92 Å². The first-order valence-corrected chi connectivity index (χ1v) is 6.25. The van der Waals surface area contributed by atoms with Gasteiger partial charge >= 0.3 is 0 Å². The Kier molecular flexibility index (Phi) is 3.29. The second kappa shape index (κ2) is 4.52. The molecule has 2 rings (SSSR count). The molecule has 1 saturated heterocycles. The monoisotopic (exact) mass is 210 g/mol. The van der Waals surface area contributed by atoms with Gasteiger partial charge in [0.1, 0.15) is 0 Å². The Morgan fingerprint density at radius 2 is 2.13 bits per heavy atom. The van der Waals surface area contributed by atoms with Crippen LogP contribution < -0.4 is 5.32 Å². The summed E-state index contributed by atoms with van der Waals surface area (Å²) in [6, 6.07) is 0.554. The van der Waals surface area contributed by atoms with Crippen LogP contribution in [0.15, 0.2) is 0 Å². The zero-order valence-corrected chi connectivity index (χ0v) is 9.83. The molecule has 0 aromatic heterocycles. The molecule has 0 radical (unpaired) electrons. The fourth-order valence-corrected chi connectivity index (χ4v) is 2.42. The van der Waals surface area contributed by atoms with E-state index < -0.39 is 0 Å². The molecular weight excluding hydrogens is 188 g/mol. The summed E-state index contributed by atoms with van der Waals surface area (Å²) in [7, 11) is 0. The Morgan fingerprint density at radius 3 is 2.47 bits per heavy atom. The Labute approximate surface area is 92.2 Å². The summed E-state index contributed by atoms with van der Waals surface area (Å²) in [5, 5.41) is 3.24. The zero-order valence-electron chi connectivity index (χ0n) is 9.83. The third-order valence-corrected chi connectivity index (χ3v) is 4.05. The van der Waals surface area contributed by atoms with Crippen molar-refractivity contribution in [3.63, 3.8) is 0 Å². The molecular formula is C12H22N2O. The van der Waals surface area contributed by atoms with E-state index in [9.17, 15) is 4.79 Å². The smallest absolute Gasteiger partial charge is 0.226 e. The fourth-order valence-electron chi connectivity index (χ4n) is 2.42.